The molecule has 1 unspecified atom stereocenters. The van der Waals surface area contributed by atoms with Crippen LogP contribution in [0.2, 0.25) is 0 Å². The Morgan fingerprint density at radius 1 is 0.719 bits per heavy atom. The lowest BCUT2D eigenvalue weighted by Gasteiger charge is -2.36. The molecule has 3 aliphatic rings. The smallest absolute Gasteiger partial charge is 0.262 e. The zero-order valence-corrected chi connectivity index (χ0v) is 33.7. The molecule has 1 N–H and O–H groups in total. The third kappa shape index (κ3) is 10.4. The average molecular weight is 830 g/mol. The van der Waals surface area contributed by atoms with Crippen molar-refractivity contribution < 1.29 is 42.9 Å². The molecule has 7 rings (SSSR count). The molecule has 4 amide bonds. The summed E-state index contributed by atoms with van der Waals surface area (Å²) in [6.07, 6.45) is 4.96. The summed E-state index contributed by atoms with van der Waals surface area (Å²) in [5.41, 5.74) is 4.09. The number of hydrogen-bond donors (Lipinski definition) is 1. The molecule has 17 heteroatoms. The van der Waals surface area contributed by atoms with Gasteiger partial charge in [0.15, 0.2) is 0 Å². The number of hydrogen-bond acceptors (Lipinski definition) is 12. The lowest BCUT2D eigenvalue weighted by Crippen LogP contribution is -2.54. The maximum Gasteiger partial charge on any atom is 0.262 e. The van der Waals surface area contributed by atoms with Crippen molar-refractivity contribution in [1.82, 2.24) is 24.7 Å². The highest BCUT2D eigenvalue weighted by Gasteiger charge is 2.44. The zero-order chi connectivity index (χ0) is 38.1. The van der Waals surface area contributed by atoms with E-state index in [-0.39, 0.29) is 55.4 Å². The monoisotopic (exact) mass is 828 g/mol. The van der Waals surface area contributed by atoms with E-state index in [1.807, 2.05) is 12.4 Å². The molecule has 4 aromatic rings. The van der Waals surface area contributed by atoms with Crippen LogP contribution in [-0.4, -0.2) is 141 Å². The number of nitrogens with one attached hydrogen (secondary N) is 1. The number of pyridine rings is 1. The molecule has 2 saturated heterocycles. The molecule has 15 nitrogen and oxygen atoms in total. The Hall–Kier alpha value is -4.35. The number of halogens is 2. The first-order chi connectivity index (χ1) is 26.9. The zero-order valence-electron chi connectivity index (χ0n) is 32.0. The first-order valence-electron chi connectivity index (χ1n) is 19.0. The highest BCUT2D eigenvalue weighted by molar-refractivity contribution is 6.23. The summed E-state index contributed by atoms with van der Waals surface area (Å²) >= 11 is 0. The number of carbonyl (C=O) groups is 4. The van der Waals surface area contributed by atoms with Gasteiger partial charge < -0.3 is 33.2 Å². The third-order valence-electron chi connectivity index (χ3n) is 10.3. The first kappa shape index (κ1) is 43.8. The van der Waals surface area contributed by atoms with Crippen LogP contribution in [0.3, 0.4) is 0 Å². The van der Waals surface area contributed by atoms with Gasteiger partial charge in [0.2, 0.25) is 11.8 Å². The lowest BCUT2D eigenvalue weighted by atomic mass is 10.0. The molecular formula is C40H50Cl2N6O9. The van der Waals surface area contributed by atoms with Crippen LogP contribution < -0.4 is 15.0 Å². The minimum Gasteiger partial charge on any atom is -0.491 e. The van der Waals surface area contributed by atoms with Gasteiger partial charge in [-0.3, -0.25) is 39.3 Å². The Morgan fingerprint density at radius 2 is 1.39 bits per heavy atom. The van der Waals surface area contributed by atoms with Crippen molar-refractivity contribution in [2.75, 3.05) is 97.1 Å². The van der Waals surface area contributed by atoms with Crippen molar-refractivity contribution in [3.05, 3.63) is 66.0 Å². The van der Waals surface area contributed by atoms with Gasteiger partial charge in [-0.05, 0) is 49.2 Å². The van der Waals surface area contributed by atoms with E-state index in [1.54, 1.807) is 6.07 Å². The largest absolute Gasteiger partial charge is 0.491 e. The van der Waals surface area contributed by atoms with E-state index >= 15 is 0 Å². The molecule has 1 atom stereocenters. The van der Waals surface area contributed by atoms with E-state index in [2.05, 4.69) is 56.0 Å². The molecular weight excluding hydrogens is 779 g/mol. The summed E-state index contributed by atoms with van der Waals surface area (Å²) in [5.74, 6) is -1.78. The van der Waals surface area contributed by atoms with Crippen molar-refractivity contribution in [1.29, 1.82) is 0 Å². The minimum atomic E-state index is -1.01. The molecule has 2 aromatic carbocycles. The summed E-state index contributed by atoms with van der Waals surface area (Å²) in [7, 11) is 2.12. The molecule has 0 radical (unpaired) electrons. The average Bonchev–Trinajstić information content (AvgIpc) is 3.62. The van der Waals surface area contributed by atoms with Crippen molar-refractivity contribution in [3.8, 4) is 5.75 Å². The molecule has 3 aliphatic heterocycles. The van der Waals surface area contributed by atoms with Crippen molar-refractivity contribution in [2.45, 2.75) is 25.3 Å². The highest BCUT2D eigenvalue weighted by atomic mass is 35.5. The number of nitrogens with zero attached hydrogens (tertiary/aromatic N) is 5. The van der Waals surface area contributed by atoms with Gasteiger partial charge in [-0.1, -0.05) is 6.07 Å². The van der Waals surface area contributed by atoms with E-state index < -0.39 is 29.7 Å². The van der Waals surface area contributed by atoms with Crippen molar-refractivity contribution in [2.24, 2.45) is 7.05 Å². The Labute approximate surface area is 343 Å². The second-order valence-electron chi connectivity index (χ2n) is 13.8. The number of carbonyl (C=O) groups excluding carboxylic acids is 4. The fourth-order valence-corrected chi connectivity index (χ4v) is 7.38. The number of amides is 4. The number of fused-ring (bicyclic) bond motifs is 4. The number of piperidine rings is 1. The maximum atomic E-state index is 13.0. The van der Waals surface area contributed by atoms with Crippen molar-refractivity contribution in [3.63, 3.8) is 0 Å². The second-order valence-corrected chi connectivity index (χ2v) is 13.8. The number of piperazine rings is 1. The van der Waals surface area contributed by atoms with Crippen LogP contribution >= 0.6 is 24.8 Å². The van der Waals surface area contributed by atoms with Gasteiger partial charge in [-0.15, -0.1) is 24.8 Å². The lowest BCUT2D eigenvalue weighted by molar-refractivity contribution is -0.136. The summed E-state index contributed by atoms with van der Waals surface area (Å²) in [6.45, 7) is 9.18. The molecule has 5 heterocycles. The Bertz CT molecular complexity index is 2020. The predicted octanol–water partition coefficient (Wildman–Crippen LogP) is 3.63. The SMILES string of the molecule is Cl.Cl.Cn1c2ccncc2c2ccc(N3CCN(CCCOCCOCCOCCOCCOc4ccc5c(c4)C(=O)N(C4CCC(=O)NC4=O)C5=O)CC3)cc21. The molecule has 2 fully saturated rings. The Morgan fingerprint density at radius 3 is 2.09 bits per heavy atom. The van der Waals surface area contributed by atoms with Gasteiger partial charge in [0.05, 0.1) is 68.4 Å². The number of ether oxygens (including phenoxy) is 5. The van der Waals surface area contributed by atoms with Gasteiger partial charge in [0.25, 0.3) is 11.8 Å². The van der Waals surface area contributed by atoms with E-state index in [0.29, 0.717) is 58.6 Å². The van der Waals surface area contributed by atoms with E-state index in [1.165, 1.54) is 39.6 Å². The van der Waals surface area contributed by atoms with Crippen LogP contribution in [0, 0.1) is 0 Å². The molecule has 0 bridgehead atoms. The topological polar surface area (TPSA) is 154 Å². The highest BCUT2D eigenvalue weighted by Crippen LogP contribution is 2.32. The van der Waals surface area contributed by atoms with Gasteiger partial charge >= 0.3 is 0 Å². The van der Waals surface area contributed by atoms with Crippen LogP contribution in [0.4, 0.5) is 5.69 Å². The number of aromatic nitrogens is 2. The van der Waals surface area contributed by atoms with Crippen LogP contribution in [0.15, 0.2) is 54.9 Å². The number of rotatable bonds is 19. The standard InChI is InChI=1S/C40H48N6O9.2ClH/c1-43-34-9-10-41-27-33(34)30-5-3-28(25-36(30)43)45-14-12-44(13-15-45)11-2-16-51-17-18-52-19-20-53-21-22-54-23-24-55-29-4-6-31-32(26-29)40(50)46(39(31)49)35-7-8-37(47)42-38(35)48;;/h3-6,9-10,25-27,35H,2,7-8,11-24H2,1H3,(H,42,47,48);2*1H. The van der Waals surface area contributed by atoms with Gasteiger partial charge in [-0.2, -0.15) is 0 Å². The van der Waals surface area contributed by atoms with Crippen LogP contribution in [0.1, 0.15) is 40.0 Å². The van der Waals surface area contributed by atoms with Crippen LogP contribution in [0.5, 0.6) is 5.75 Å². The van der Waals surface area contributed by atoms with Crippen LogP contribution in [0.25, 0.3) is 21.8 Å². The van der Waals surface area contributed by atoms with Gasteiger partial charge in [0.1, 0.15) is 18.4 Å². The van der Waals surface area contributed by atoms with Crippen molar-refractivity contribution >= 4 is 75.9 Å². The molecule has 2 aromatic heterocycles. The summed E-state index contributed by atoms with van der Waals surface area (Å²) < 4.78 is 30.5. The first-order valence-corrected chi connectivity index (χ1v) is 19.0. The minimum absolute atomic E-state index is 0. The van der Waals surface area contributed by atoms with E-state index in [9.17, 15) is 19.2 Å². The number of anilines is 1. The normalized spacial score (nSPS) is 17.2. The number of aryl methyl sites for hydroxylation is 1. The summed E-state index contributed by atoms with van der Waals surface area (Å²) in [6, 6.07) is 12.4. The van der Waals surface area contributed by atoms with E-state index in [0.717, 1.165) is 44.0 Å². The Balaban J connectivity index is 0.00000310. The molecule has 57 heavy (non-hydrogen) atoms. The third-order valence-corrected chi connectivity index (χ3v) is 10.3. The second kappa shape index (κ2) is 20.9. The Kier molecular flexibility index (Phi) is 16.0. The predicted molar refractivity (Wildman–Crippen MR) is 218 cm³/mol. The fourth-order valence-electron chi connectivity index (χ4n) is 7.38. The molecule has 308 valence electrons. The van der Waals surface area contributed by atoms with E-state index in [4.69, 9.17) is 23.7 Å². The fraction of sp³-hybridized carbons (Fsp3) is 0.475. The maximum absolute atomic E-state index is 13.0. The molecule has 0 spiro atoms. The molecule has 0 aliphatic carbocycles. The molecule has 0 saturated carbocycles. The van der Waals surface area contributed by atoms with Gasteiger partial charge in [0, 0.05) is 81.7 Å². The number of benzene rings is 2. The van der Waals surface area contributed by atoms with Gasteiger partial charge in [-0.25, -0.2) is 0 Å². The quantitative estimate of drug-likeness (QED) is 0.109. The van der Waals surface area contributed by atoms with Crippen LogP contribution in [-0.2, 0) is 35.6 Å². The summed E-state index contributed by atoms with van der Waals surface area (Å²) in [4.78, 5) is 59.7. The summed E-state index contributed by atoms with van der Waals surface area (Å²) in [5, 5.41) is 4.63. The number of imide groups is 2.